The number of fused-ring (bicyclic) bond motifs is 2. The molecule has 0 unspecified atom stereocenters. The normalized spacial score (nSPS) is 18.1. The van der Waals surface area contributed by atoms with Crippen molar-refractivity contribution < 1.29 is 24.2 Å². The molecule has 0 aliphatic carbocycles. The number of carbonyl (C=O) groups is 2. The molecule has 2 aromatic carbocycles. The average Bonchev–Trinajstić information content (AvgIpc) is 3.38. The summed E-state index contributed by atoms with van der Waals surface area (Å²) >= 11 is 1.35. The van der Waals surface area contributed by atoms with Crippen molar-refractivity contribution in [1.82, 2.24) is 9.80 Å². The number of nitrogens with two attached hydrogens (primary N) is 1. The Hall–Kier alpha value is -3.40. The molecule has 2 atom stereocenters. The van der Waals surface area contributed by atoms with Crippen LogP contribution in [0.5, 0.6) is 5.75 Å². The number of thiophene rings is 1. The van der Waals surface area contributed by atoms with E-state index in [0.29, 0.717) is 42.4 Å². The molecule has 36 heavy (non-hydrogen) atoms. The number of nitrogen functional groups attached to an aromatic ring is 1. The topological polar surface area (TPSA) is 105 Å². The summed E-state index contributed by atoms with van der Waals surface area (Å²) in [7, 11) is 1.56. The van der Waals surface area contributed by atoms with E-state index < -0.39 is 5.97 Å². The summed E-state index contributed by atoms with van der Waals surface area (Å²) in [5.41, 5.74) is 9.78. The summed E-state index contributed by atoms with van der Waals surface area (Å²) in [6.07, 6.45) is 0.509. The lowest BCUT2D eigenvalue weighted by molar-refractivity contribution is 0.0495. The summed E-state index contributed by atoms with van der Waals surface area (Å²) in [5.74, 6) is -0.406. The van der Waals surface area contributed by atoms with Crippen LogP contribution in [0.25, 0.3) is 0 Å². The van der Waals surface area contributed by atoms with Gasteiger partial charge >= 0.3 is 5.97 Å². The lowest BCUT2D eigenvalue weighted by Crippen LogP contribution is -2.48. The van der Waals surface area contributed by atoms with Gasteiger partial charge in [-0.25, -0.2) is 4.79 Å². The fraction of sp³-hybridized carbons (Fsp3) is 0.333. The van der Waals surface area contributed by atoms with Crippen LogP contribution in [0.2, 0.25) is 0 Å². The molecular weight excluding hydrogens is 478 g/mol. The van der Waals surface area contributed by atoms with Crippen LogP contribution in [0.4, 0.5) is 5.00 Å². The lowest BCUT2D eigenvalue weighted by Gasteiger charge is -2.41. The zero-order valence-electron chi connectivity index (χ0n) is 20.3. The molecule has 0 saturated carbocycles. The van der Waals surface area contributed by atoms with E-state index in [1.54, 1.807) is 7.11 Å². The zero-order valence-corrected chi connectivity index (χ0v) is 21.1. The van der Waals surface area contributed by atoms with Crippen LogP contribution in [0.3, 0.4) is 0 Å². The van der Waals surface area contributed by atoms with Crippen LogP contribution in [0, 0.1) is 0 Å². The highest BCUT2D eigenvalue weighted by Gasteiger charge is 2.39. The average molecular weight is 508 g/mol. The Kier molecular flexibility index (Phi) is 6.70. The number of carboxylic acid groups (broad SMARTS) is 1. The molecule has 0 fully saturated rings. The van der Waals surface area contributed by atoms with Crippen LogP contribution < -0.4 is 10.5 Å². The van der Waals surface area contributed by atoms with Gasteiger partial charge in [0.1, 0.15) is 10.8 Å². The first-order valence-corrected chi connectivity index (χ1v) is 12.7. The van der Waals surface area contributed by atoms with E-state index in [2.05, 4.69) is 24.0 Å². The van der Waals surface area contributed by atoms with Crippen molar-refractivity contribution in [1.29, 1.82) is 0 Å². The van der Waals surface area contributed by atoms with Gasteiger partial charge in [-0.15, -0.1) is 11.3 Å². The molecule has 5 rings (SSSR count). The molecule has 0 radical (unpaired) electrons. The minimum atomic E-state index is -1.00. The molecule has 9 heteroatoms. The molecule has 2 aliphatic rings. The van der Waals surface area contributed by atoms with Crippen molar-refractivity contribution in [2.45, 2.75) is 38.5 Å². The maximum Gasteiger partial charge on any atom is 0.338 e. The standard InChI is InChI=1S/C27H29N3O5S/c1-16(17-7-4-3-5-8-17)30-14-23-20(24(27(32)33)25(28)36-23)11-18(30)12-29-13-21-19(26(29)31)9-6-10-22(21)35-15-34-2/h3-10,16,18H,11-15,28H2,1-2H3,(H,32,33)/t16-,18-/m0/s1. The summed E-state index contributed by atoms with van der Waals surface area (Å²) in [4.78, 5) is 30.5. The maximum atomic E-state index is 13.4. The number of methoxy groups -OCH3 is 1. The van der Waals surface area contributed by atoms with Crippen molar-refractivity contribution in [2.75, 3.05) is 26.2 Å². The molecule has 1 aromatic heterocycles. The summed E-state index contributed by atoms with van der Waals surface area (Å²) in [6, 6.07) is 15.7. The van der Waals surface area contributed by atoms with E-state index in [1.165, 1.54) is 16.9 Å². The number of amides is 1. The predicted molar refractivity (Wildman–Crippen MR) is 137 cm³/mol. The number of carbonyl (C=O) groups excluding carboxylic acids is 1. The second-order valence-electron chi connectivity index (χ2n) is 9.18. The number of nitrogens with zero attached hydrogens (tertiary/aromatic N) is 2. The SMILES string of the molecule is COCOc1cccc2c1CN(C[C@@H]1Cc3c(sc(N)c3C(=O)O)CN1[C@@H](C)c1ccccc1)C2=O. The van der Waals surface area contributed by atoms with E-state index in [-0.39, 0.29) is 30.3 Å². The molecular formula is C27H29N3O5S. The number of hydrogen-bond donors (Lipinski definition) is 2. The minimum absolute atomic E-state index is 0.0470. The van der Waals surface area contributed by atoms with Gasteiger partial charge in [0.15, 0.2) is 6.79 Å². The fourth-order valence-corrected chi connectivity index (χ4v) is 6.43. The first-order valence-electron chi connectivity index (χ1n) is 11.9. The molecule has 0 spiro atoms. The summed E-state index contributed by atoms with van der Waals surface area (Å²) < 4.78 is 10.7. The number of hydrogen-bond acceptors (Lipinski definition) is 7. The molecule has 1 amide bonds. The Labute approximate surface area is 213 Å². The molecule has 8 nitrogen and oxygen atoms in total. The van der Waals surface area contributed by atoms with Gasteiger partial charge in [-0.05, 0) is 36.6 Å². The number of carboxylic acids is 1. The van der Waals surface area contributed by atoms with Crippen LogP contribution in [-0.2, 0) is 24.2 Å². The van der Waals surface area contributed by atoms with Crippen LogP contribution in [-0.4, -0.2) is 53.3 Å². The van der Waals surface area contributed by atoms with Gasteiger partial charge in [0.05, 0.1) is 12.1 Å². The third-order valence-corrected chi connectivity index (χ3v) is 8.16. The van der Waals surface area contributed by atoms with Crippen LogP contribution in [0.1, 0.15) is 55.2 Å². The molecule has 2 aliphatic heterocycles. The number of ether oxygens (including phenoxy) is 2. The zero-order chi connectivity index (χ0) is 25.4. The van der Waals surface area contributed by atoms with Gasteiger partial charge < -0.3 is 25.2 Å². The summed E-state index contributed by atoms with van der Waals surface area (Å²) in [6.45, 7) is 3.73. The molecule has 3 heterocycles. The highest BCUT2D eigenvalue weighted by atomic mass is 32.1. The Bertz CT molecular complexity index is 1290. The Morgan fingerprint density at radius 3 is 2.67 bits per heavy atom. The van der Waals surface area contributed by atoms with E-state index in [9.17, 15) is 14.7 Å². The van der Waals surface area contributed by atoms with Gasteiger partial charge in [-0.3, -0.25) is 9.69 Å². The van der Waals surface area contributed by atoms with Crippen LogP contribution in [0.15, 0.2) is 48.5 Å². The lowest BCUT2D eigenvalue weighted by atomic mass is 9.93. The largest absolute Gasteiger partial charge is 0.478 e. The molecule has 188 valence electrons. The van der Waals surface area contributed by atoms with E-state index in [0.717, 1.165) is 16.0 Å². The van der Waals surface area contributed by atoms with Gasteiger partial charge in [0, 0.05) is 48.3 Å². The number of anilines is 1. The first-order chi connectivity index (χ1) is 17.4. The van der Waals surface area contributed by atoms with Gasteiger partial charge in [-0.2, -0.15) is 0 Å². The smallest absolute Gasteiger partial charge is 0.338 e. The van der Waals surface area contributed by atoms with Crippen molar-refractivity contribution in [3.8, 4) is 5.75 Å². The monoisotopic (exact) mass is 507 g/mol. The fourth-order valence-electron chi connectivity index (χ4n) is 5.33. The van der Waals surface area contributed by atoms with Crippen molar-refractivity contribution in [3.05, 3.63) is 81.2 Å². The van der Waals surface area contributed by atoms with E-state index in [4.69, 9.17) is 15.2 Å². The Morgan fingerprint density at radius 1 is 1.17 bits per heavy atom. The number of aromatic carboxylic acids is 1. The second kappa shape index (κ2) is 9.93. The second-order valence-corrected chi connectivity index (χ2v) is 10.3. The van der Waals surface area contributed by atoms with Crippen LogP contribution >= 0.6 is 11.3 Å². The summed E-state index contributed by atoms with van der Waals surface area (Å²) in [5, 5.41) is 10.2. The quantitative estimate of drug-likeness (QED) is 0.441. The third-order valence-electron chi connectivity index (χ3n) is 7.11. The van der Waals surface area contributed by atoms with E-state index in [1.807, 2.05) is 41.3 Å². The Balaban J connectivity index is 1.46. The van der Waals surface area contributed by atoms with Crippen molar-refractivity contribution in [3.63, 3.8) is 0 Å². The Morgan fingerprint density at radius 2 is 1.94 bits per heavy atom. The highest BCUT2D eigenvalue weighted by molar-refractivity contribution is 7.16. The molecule has 0 saturated heterocycles. The van der Waals surface area contributed by atoms with Gasteiger partial charge in [0.2, 0.25) is 0 Å². The molecule has 3 aromatic rings. The predicted octanol–water partition coefficient (Wildman–Crippen LogP) is 4.16. The highest BCUT2D eigenvalue weighted by Crippen LogP contribution is 2.41. The minimum Gasteiger partial charge on any atom is -0.478 e. The molecule has 3 N–H and O–H groups in total. The first kappa shape index (κ1) is 24.3. The number of benzene rings is 2. The van der Waals surface area contributed by atoms with Crippen molar-refractivity contribution >= 4 is 28.2 Å². The third kappa shape index (κ3) is 4.34. The van der Waals surface area contributed by atoms with Crippen molar-refractivity contribution in [2.24, 2.45) is 0 Å². The van der Waals surface area contributed by atoms with E-state index >= 15 is 0 Å². The van der Waals surface area contributed by atoms with Gasteiger partial charge in [-0.1, -0.05) is 36.4 Å². The number of rotatable bonds is 8. The molecule has 0 bridgehead atoms. The van der Waals surface area contributed by atoms with Gasteiger partial charge in [0.25, 0.3) is 5.91 Å². The maximum absolute atomic E-state index is 13.4.